The average molecular weight is 527 g/mol. The Morgan fingerprint density at radius 2 is 1.91 bits per heavy atom. The zero-order valence-electron chi connectivity index (χ0n) is 19.9. The summed E-state index contributed by atoms with van der Waals surface area (Å²) in [6.07, 6.45) is 2.47. The number of hydrogen-bond acceptors (Lipinski definition) is 5. The highest BCUT2D eigenvalue weighted by atomic mass is 35.5. The maximum Gasteiger partial charge on any atom is 0.191 e. The van der Waals surface area contributed by atoms with Gasteiger partial charge in [-0.2, -0.15) is 0 Å². The Morgan fingerprint density at radius 3 is 2.74 bits per heavy atom. The zero-order chi connectivity index (χ0) is 23.3. The molecule has 6 rings (SSSR count). The van der Waals surface area contributed by atoms with Crippen molar-refractivity contribution in [3.8, 4) is 11.4 Å². The summed E-state index contributed by atoms with van der Waals surface area (Å²) >= 11 is 7.89. The van der Waals surface area contributed by atoms with Crippen LogP contribution < -0.4 is 0 Å². The second-order valence-electron chi connectivity index (χ2n) is 9.69. The van der Waals surface area contributed by atoms with Gasteiger partial charge in [-0.25, -0.2) is 0 Å². The molecule has 0 amide bonds. The molecule has 1 saturated heterocycles. The summed E-state index contributed by atoms with van der Waals surface area (Å²) in [5, 5.41) is 11.9. The van der Waals surface area contributed by atoms with E-state index in [-0.39, 0.29) is 12.4 Å². The lowest BCUT2D eigenvalue weighted by Gasteiger charge is -2.21. The standard InChI is InChI=1S/C27H28ClN5S.ClH/c1-18-7-12-22-23(5-3-6-24(22)29-18)25-30-31-26(32(25)2)34-14-4-13-33-16-20-15-27(20,17-33)19-8-10-21(28)11-9-19;/h3,5-12,20H,4,13-17H2,1-2H3;1H. The van der Waals surface area contributed by atoms with E-state index in [0.717, 1.165) is 62.8 Å². The van der Waals surface area contributed by atoms with Crippen molar-refractivity contribution in [3.05, 3.63) is 70.9 Å². The molecule has 1 aliphatic carbocycles. The molecular weight excluding hydrogens is 497 g/mol. The van der Waals surface area contributed by atoms with E-state index < -0.39 is 0 Å². The van der Waals surface area contributed by atoms with Crippen LogP contribution in [0.1, 0.15) is 24.1 Å². The highest BCUT2D eigenvalue weighted by molar-refractivity contribution is 7.99. The molecule has 0 bridgehead atoms. The molecule has 4 aromatic rings. The van der Waals surface area contributed by atoms with Crippen molar-refractivity contribution in [3.63, 3.8) is 0 Å². The molecule has 3 heterocycles. The van der Waals surface area contributed by atoms with Crippen LogP contribution in [0.15, 0.2) is 59.8 Å². The second kappa shape index (κ2) is 9.74. The lowest BCUT2D eigenvalue weighted by molar-refractivity contribution is 0.299. The molecule has 0 N–H and O–H groups in total. The summed E-state index contributed by atoms with van der Waals surface area (Å²) in [5.41, 5.74) is 4.94. The van der Waals surface area contributed by atoms with Gasteiger partial charge in [0.1, 0.15) is 0 Å². The van der Waals surface area contributed by atoms with Gasteiger partial charge in [0.2, 0.25) is 0 Å². The predicted octanol–water partition coefficient (Wildman–Crippen LogP) is 6.17. The number of likely N-dealkylation sites (tertiary alicyclic amines) is 1. The Labute approximate surface area is 221 Å². The maximum atomic E-state index is 6.09. The number of hydrogen-bond donors (Lipinski definition) is 0. The highest BCUT2D eigenvalue weighted by Gasteiger charge is 2.60. The number of pyridine rings is 1. The summed E-state index contributed by atoms with van der Waals surface area (Å²) in [6.45, 7) is 5.55. The van der Waals surface area contributed by atoms with Crippen molar-refractivity contribution in [1.29, 1.82) is 0 Å². The van der Waals surface area contributed by atoms with Gasteiger partial charge in [-0.05, 0) is 62.1 Å². The van der Waals surface area contributed by atoms with Gasteiger partial charge in [-0.15, -0.1) is 22.6 Å². The normalized spacial score (nSPS) is 21.2. The lowest BCUT2D eigenvalue weighted by Crippen LogP contribution is -2.27. The molecule has 1 saturated carbocycles. The van der Waals surface area contributed by atoms with Gasteiger partial charge in [0.05, 0.1) is 5.52 Å². The van der Waals surface area contributed by atoms with E-state index in [1.165, 1.54) is 25.1 Å². The van der Waals surface area contributed by atoms with Crippen LogP contribution in [0.25, 0.3) is 22.3 Å². The first-order valence-electron chi connectivity index (χ1n) is 11.9. The minimum absolute atomic E-state index is 0. The Morgan fingerprint density at radius 1 is 1.09 bits per heavy atom. The molecule has 2 atom stereocenters. The minimum Gasteiger partial charge on any atom is -0.305 e. The third-order valence-corrected chi connectivity index (χ3v) is 8.79. The van der Waals surface area contributed by atoms with Gasteiger partial charge in [0.15, 0.2) is 11.0 Å². The minimum atomic E-state index is 0. The molecule has 1 aliphatic heterocycles. The Kier molecular flexibility index (Phi) is 6.83. The van der Waals surface area contributed by atoms with E-state index in [1.54, 1.807) is 11.8 Å². The van der Waals surface area contributed by atoms with E-state index in [2.05, 4.69) is 68.1 Å². The molecule has 2 aromatic carbocycles. The lowest BCUT2D eigenvalue weighted by atomic mass is 9.95. The van der Waals surface area contributed by atoms with Crippen LogP contribution in [-0.2, 0) is 12.5 Å². The number of benzene rings is 2. The fraction of sp³-hybridized carbons (Fsp3) is 0.370. The van der Waals surface area contributed by atoms with Crippen LogP contribution in [0.4, 0.5) is 0 Å². The molecule has 2 fully saturated rings. The molecule has 8 heteroatoms. The number of thioether (sulfide) groups is 1. The molecule has 5 nitrogen and oxygen atoms in total. The average Bonchev–Trinajstić information content (AvgIpc) is 3.21. The fourth-order valence-electron chi connectivity index (χ4n) is 5.56. The third kappa shape index (κ3) is 4.57. The topological polar surface area (TPSA) is 46.8 Å². The number of halogens is 2. The van der Waals surface area contributed by atoms with Gasteiger partial charge >= 0.3 is 0 Å². The molecule has 2 aliphatic rings. The van der Waals surface area contributed by atoms with E-state index in [1.807, 2.05) is 25.1 Å². The quantitative estimate of drug-likeness (QED) is 0.213. The number of piperidine rings is 1. The van der Waals surface area contributed by atoms with Crippen LogP contribution in [0.3, 0.4) is 0 Å². The number of nitrogens with zero attached hydrogens (tertiary/aromatic N) is 5. The monoisotopic (exact) mass is 525 g/mol. The van der Waals surface area contributed by atoms with E-state index in [4.69, 9.17) is 11.6 Å². The highest BCUT2D eigenvalue weighted by Crippen LogP contribution is 2.59. The van der Waals surface area contributed by atoms with Crippen molar-refractivity contribution in [2.75, 3.05) is 25.4 Å². The number of aromatic nitrogens is 4. The molecule has 0 radical (unpaired) electrons. The molecule has 2 unspecified atom stereocenters. The summed E-state index contributed by atoms with van der Waals surface area (Å²) in [5.74, 6) is 2.74. The van der Waals surface area contributed by atoms with Crippen molar-refractivity contribution in [2.24, 2.45) is 13.0 Å². The van der Waals surface area contributed by atoms with E-state index in [0.29, 0.717) is 5.41 Å². The van der Waals surface area contributed by atoms with Crippen LogP contribution in [-0.4, -0.2) is 50.0 Å². The summed E-state index contributed by atoms with van der Waals surface area (Å²) in [7, 11) is 2.06. The first kappa shape index (κ1) is 24.6. The maximum absolute atomic E-state index is 6.09. The van der Waals surface area contributed by atoms with Crippen molar-refractivity contribution in [2.45, 2.75) is 30.3 Å². The number of aryl methyl sites for hydroxylation is 1. The largest absolute Gasteiger partial charge is 0.305 e. The van der Waals surface area contributed by atoms with Crippen molar-refractivity contribution in [1.82, 2.24) is 24.6 Å². The van der Waals surface area contributed by atoms with Gasteiger partial charge in [-0.3, -0.25) is 4.98 Å². The van der Waals surface area contributed by atoms with Gasteiger partial charge in [0.25, 0.3) is 0 Å². The number of rotatable bonds is 7. The molecule has 2 aromatic heterocycles. The SMILES string of the molecule is Cc1ccc2c(-c3nnc(SCCCN4CC5CC5(c5ccc(Cl)cc5)C4)n3C)cccc2n1.Cl. The van der Waals surface area contributed by atoms with E-state index >= 15 is 0 Å². The van der Waals surface area contributed by atoms with Gasteiger partial charge in [-0.1, -0.05) is 53.7 Å². The zero-order valence-corrected chi connectivity index (χ0v) is 22.3. The first-order chi connectivity index (χ1) is 16.5. The molecule has 182 valence electrons. The smallest absolute Gasteiger partial charge is 0.191 e. The first-order valence-corrected chi connectivity index (χ1v) is 13.3. The van der Waals surface area contributed by atoms with Gasteiger partial charge in [0, 0.05) is 53.0 Å². The Balaban J connectivity index is 0.00000253. The molecular formula is C27H29Cl2N5S. The third-order valence-electron chi connectivity index (χ3n) is 7.43. The van der Waals surface area contributed by atoms with Crippen LogP contribution in [0.2, 0.25) is 5.02 Å². The van der Waals surface area contributed by atoms with Crippen molar-refractivity contribution >= 4 is 46.7 Å². The second-order valence-corrected chi connectivity index (χ2v) is 11.2. The van der Waals surface area contributed by atoms with Crippen LogP contribution in [0, 0.1) is 12.8 Å². The Bertz CT molecular complexity index is 1360. The Hall–Kier alpha value is -2.12. The summed E-state index contributed by atoms with van der Waals surface area (Å²) < 4.78 is 2.11. The van der Waals surface area contributed by atoms with Crippen LogP contribution >= 0.6 is 35.8 Å². The van der Waals surface area contributed by atoms with Crippen molar-refractivity contribution < 1.29 is 0 Å². The summed E-state index contributed by atoms with van der Waals surface area (Å²) in [6, 6.07) is 18.9. The predicted molar refractivity (Wildman–Crippen MR) is 147 cm³/mol. The molecule has 35 heavy (non-hydrogen) atoms. The fourth-order valence-corrected chi connectivity index (χ4v) is 6.53. The summed E-state index contributed by atoms with van der Waals surface area (Å²) in [4.78, 5) is 7.30. The molecule has 0 spiro atoms. The van der Waals surface area contributed by atoms with Crippen LogP contribution in [0.5, 0.6) is 0 Å². The van der Waals surface area contributed by atoms with E-state index in [9.17, 15) is 0 Å². The van der Waals surface area contributed by atoms with Gasteiger partial charge < -0.3 is 9.47 Å². The number of fused-ring (bicyclic) bond motifs is 2.